The van der Waals surface area contributed by atoms with Crippen molar-refractivity contribution in [3.63, 3.8) is 0 Å². The van der Waals surface area contributed by atoms with E-state index in [9.17, 15) is 8.42 Å². The zero-order valence-electron chi connectivity index (χ0n) is 17.8. The molecular formula is C22H28N4O3S2. The summed E-state index contributed by atoms with van der Waals surface area (Å²) in [5.74, 6) is 3.26. The molecule has 3 heterocycles. The van der Waals surface area contributed by atoms with Crippen LogP contribution in [0.5, 0.6) is 0 Å². The topological polar surface area (TPSA) is 81.2 Å². The fourth-order valence-corrected chi connectivity index (χ4v) is 6.73. The first kappa shape index (κ1) is 22.0. The second kappa shape index (κ2) is 9.48. The summed E-state index contributed by atoms with van der Waals surface area (Å²) >= 11 is 1.42. The summed E-state index contributed by atoms with van der Waals surface area (Å²) in [4.78, 5) is 2.64. The van der Waals surface area contributed by atoms with Gasteiger partial charge in [-0.15, -0.1) is 10.2 Å². The normalized spacial score (nSPS) is 19.6. The van der Waals surface area contributed by atoms with Gasteiger partial charge in [0.15, 0.2) is 15.0 Å². The number of anilines is 1. The van der Waals surface area contributed by atoms with Crippen LogP contribution in [0.2, 0.25) is 0 Å². The molecule has 0 radical (unpaired) electrons. The number of benzene rings is 1. The lowest BCUT2D eigenvalue weighted by atomic mass is 9.92. The van der Waals surface area contributed by atoms with Gasteiger partial charge in [0.05, 0.1) is 23.5 Å². The van der Waals surface area contributed by atoms with Crippen molar-refractivity contribution in [1.82, 2.24) is 14.8 Å². The highest BCUT2D eigenvalue weighted by atomic mass is 32.2. The molecule has 3 aromatic rings. The third-order valence-corrected chi connectivity index (χ3v) is 8.39. The van der Waals surface area contributed by atoms with Gasteiger partial charge < -0.3 is 9.32 Å². The summed E-state index contributed by atoms with van der Waals surface area (Å²) in [6.07, 6.45) is 2.87. The number of hydrogen-bond acceptors (Lipinski definition) is 7. The first-order chi connectivity index (χ1) is 14.9. The SMILES string of the molecule is CC1CC(C)CN(c2nnc(SCCS(=O)(=O)c3ccccc3)n2Cc2ccco2)C1. The number of nitrogens with zero attached hydrogens (tertiary/aromatic N) is 4. The van der Waals surface area contributed by atoms with Crippen LogP contribution in [-0.2, 0) is 16.4 Å². The van der Waals surface area contributed by atoms with Crippen LogP contribution in [0.15, 0.2) is 63.2 Å². The van der Waals surface area contributed by atoms with Crippen molar-refractivity contribution in [2.45, 2.75) is 36.9 Å². The van der Waals surface area contributed by atoms with Gasteiger partial charge in [0.2, 0.25) is 5.95 Å². The second-order valence-electron chi connectivity index (χ2n) is 8.28. The number of piperidine rings is 1. The third kappa shape index (κ3) is 5.33. The molecule has 1 aromatic carbocycles. The molecule has 1 aliphatic rings. The van der Waals surface area contributed by atoms with Gasteiger partial charge in [0.25, 0.3) is 0 Å². The van der Waals surface area contributed by atoms with E-state index < -0.39 is 9.84 Å². The Morgan fingerprint density at radius 2 is 1.81 bits per heavy atom. The molecule has 7 nitrogen and oxygen atoms in total. The van der Waals surface area contributed by atoms with Gasteiger partial charge in [0.1, 0.15) is 5.76 Å². The smallest absolute Gasteiger partial charge is 0.228 e. The second-order valence-corrected chi connectivity index (χ2v) is 11.5. The van der Waals surface area contributed by atoms with E-state index in [-0.39, 0.29) is 5.75 Å². The molecule has 4 rings (SSSR count). The number of furan rings is 1. The molecule has 0 bridgehead atoms. The molecule has 1 fully saturated rings. The predicted octanol–water partition coefficient (Wildman–Crippen LogP) is 3.97. The Hall–Kier alpha value is -2.26. The number of rotatable bonds is 8. The average molecular weight is 461 g/mol. The molecule has 9 heteroatoms. The molecular weight excluding hydrogens is 432 g/mol. The van der Waals surface area contributed by atoms with Gasteiger partial charge in [-0.2, -0.15) is 0 Å². The van der Waals surface area contributed by atoms with Crippen LogP contribution >= 0.6 is 11.8 Å². The van der Waals surface area contributed by atoms with Crippen LogP contribution in [0.25, 0.3) is 0 Å². The lowest BCUT2D eigenvalue weighted by molar-refractivity contribution is 0.350. The van der Waals surface area contributed by atoms with Crippen molar-refractivity contribution in [3.8, 4) is 0 Å². The van der Waals surface area contributed by atoms with E-state index in [1.54, 1.807) is 30.5 Å². The minimum atomic E-state index is -3.33. The fourth-order valence-electron chi connectivity index (χ4n) is 4.13. The van der Waals surface area contributed by atoms with Gasteiger partial charge in [-0.05, 0) is 42.5 Å². The van der Waals surface area contributed by atoms with Crippen molar-refractivity contribution in [1.29, 1.82) is 0 Å². The molecule has 166 valence electrons. The summed E-state index contributed by atoms with van der Waals surface area (Å²) in [6, 6.07) is 12.4. The molecule has 31 heavy (non-hydrogen) atoms. The number of hydrogen-bond donors (Lipinski definition) is 0. The van der Waals surface area contributed by atoms with Gasteiger partial charge in [-0.1, -0.05) is 43.8 Å². The maximum atomic E-state index is 12.6. The van der Waals surface area contributed by atoms with Crippen LogP contribution < -0.4 is 4.90 Å². The zero-order valence-corrected chi connectivity index (χ0v) is 19.5. The summed E-state index contributed by atoms with van der Waals surface area (Å²) in [5.41, 5.74) is 0. The van der Waals surface area contributed by atoms with E-state index in [2.05, 4.69) is 28.9 Å². The van der Waals surface area contributed by atoms with E-state index in [4.69, 9.17) is 4.42 Å². The first-order valence-electron chi connectivity index (χ1n) is 10.5. The molecule has 2 aromatic heterocycles. The highest BCUT2D eigenvalue weighted by Gasteiger charge is 2.27. The summed E-state index contributed by atoms with van der Waals surface area (Å²) in [7, 11) is -3.33. The zero-order chi connectivity index (χ0) is 21.8. The number of thioether (sulfide) groups is 1. The van der Waals surface area contributed by atoms with Crippen molar-refractivity contribution >= 4 is 27.5 Å². The average Bonchev–Trinajstić information content (AvgIpc) is 3.39. The third-order valence-electron chi connectivity index (χ3n) is 5.43. The summed E-state index contributed by atoms with van der Waals surface area (Å²) < 4.78 is 32.8. The molecule has 2 unspecified atom stereocenters. The standard InChI is InChI=1S/C22H28N4O3S2/c1-17-13-18(2)15-25(14-17)21-23-24-22(26(21)16-19-7-6-10-29-19)30-11-12-31(27,28)20-8-4-3-5-9-20/h3-10,17-18H,11-16H2,1-2H3. The van der Waals surface area contributed by atoms with Crippen LogP contribution in [0.3, 0.4) is 0 Å². The minimum Gasteiger partial charge on any atom is -0.467 e. The maximum Gasteiger partial charge on any atom is 0.228 e. The molecule has 0 spiro atoms. The Kier molecular flexibility index (Phi) is 6.71. The molecule has 1 saturated heterocycles. The van der Waals surface area contributed by atoms with Crippen LogP contribution in [0.1, 0.15) is 26.0 Å². The van der Waals surface area contributed by atoms with Gasteiger partial charge in [0, 0.05) is 18.8 Å². The maximum absolute atomic E-state index is 12.6. The highest BCUT2D eigenvalue weighted by molar-refractivity contribution is 8.00. The molecule has 0 N–H and O–H groups in total. The van der Waals surface area contributed by atoms with Crippen LogP contribution in [0, 0.1) is 11.8 Å². The Bertz CT molecular complexity index is 1070. The van der Waals surface area contributed by atoms with Crippen LogP contribution in [-0.4, -0.2) is 47.8 Å². The predicted molar refractivity (Wildman–Crippen MR) is 122 cm³/mol. The Labute approximate surface area is 187 Å². The Balaban J connectivity index is 1.52. The lowest BCUT2D eigenvalue weighted by Crippen LogP contribution is -2.40. The molecule has 0 aliphatic carbocycles. The minimum absolute atomic E-state index is 0.0441. The Morgan fingerprint density at radius 1 is 1.06 bits per heavy atom. The molecule has 2 atom stereocenters. The van der Waals surface area contributed by atoms with Gasteiger partial charge in [-0.25, -0.2) is 8.42 Å². The van der Waals surface area contributed by atoms with Gasteiger partial charge >= 0.3 is 0 Å². The van der Waals surface area contributed by atoms with Crippen molar-refractivity contribution in [2.24, 2.45) is 11.8 Å². The van der Waals surface area contributed by atoms with Gasteiger partial charge in [-0.3, -0.25) is 4.57 Å². The largest absolute Gasteiger partial charge is 0.467 e. The summed E-state index contributed by atoms with van der Waals surface area (Å²) in [6.45, 7) is 6.92. The van der Waals surface area contributed by atoms with E-state index in [0.717, 1.165) is 24.8 Å². The van der Waals surface area contributed by atoms with E-state index in [1.165, 1.54) is 18.2 Å². The van der Waals surface area contributed by atoms with Crippen molar-refractivity contribution < 1.29 is 12.8 Å². The van der Waals surface area contributed by atoms with E-state index in [0.29, 0.717) is 34.2 Å². The Morgan fingerprint density at radius 3 is 2.48 bits per heavy atom. The first-order valence-corrected chi connectivity index (χ1v) is 13.2. The van der Waals surface area contributed by atoms with E-state index in [1.807, 2.05) is 22.8 Å². The highest BCUT2D eigenvalue weighted by Crippen LogP contribution is 2.29. The monoisotopic (exact) mass is 460 g/mol. The quantitative estimate of drug-likeness (QED) is 0.471. The van der Waals surface area contributed by atoms with Crippen molar-refractivity contribution in [2.75, 3.05) is 29.5 Å². The number of sulfone groups is 1. The molecule has 0 amide bonds. The molecule has 1 aliphatic heterocycles. The number of aromatic nitrogens is 3. The fraction of sp³-hybridized carbons (Fsp3) is 0.455. The van der Waals surface area contributed by atoms with Crippen molar-refractivity contribution in [3.05, 3.63) is 54.5 Å². The molecule has 0 saturated carbocycles. The van der Waals surface area contributed by atoms with Crippen LogP contribution in [0.4, 0.5) is 5.95 Å². The lowest BCUT2D eigenvalue weighted by Gasteiger charge is -2.35. The summed E-state index contributed by atoms with van der Waals surface area (Å²) in [5, 5.41) is 9.61. The van der Waals surface area contributed by atoms with E-state index >= 15 is 0 Å².